The summed E-state index contributed by atoms with van der Waals surface area (Å²) in [6.07, 6.45) is 2.29. The van der Waals surface area contributed by atoms with Gasteiger partial charge in [-0.1, -0.05) is 15.9 Å². The molecule has 5 heteroatoms. The number of fused-ring (bicyclic) bond motifs is 1. The summed E-state index contributed by atoms with van der Waals surface area (Å²) in [5.74, 6) is 0.968. The van der Waals surface area contributed by atoms with E-state index in [0.717, 1.165) is 18.4 Å². The number of amides is 1. The third-order valence-corrected chi connectivity index (χ3v) is 4.25. The Bertz CT molecular complexity index is 504. The molecule has 0 spiro atoms. The predicted molar refractivity (Wildman–Crippen MR) is 72.8 cm³/mol. The highest BCUT2D eigenvalue weighted by molar-refractivity contribution is 9.09. The summed E-state index contributed by atoms with van der Waals surface area (Å²) >= 11 is 3.22. The molecule has 1 fully saturated rings. The molecule has 1 aliphatic carbocycles. The van der Waals surface area contributed by atoms with Crippen molar-refractivity contribution in [3.8, 4) is 5.75 Å². The third-order valence-electron chi connectivity index (χ3n) is 3.77. The molecule has 1 aliphatic heterocycles. The van der Waals surface area contributed by atoms with Crippen LogP contribution in [0.25, 0.3) is 0 Å². The maximum atomic E-state index is 13.3. The maximum absolute atomic E-state index is 13.3. The van der Waals surface area contributed by atoms with Crippen LogP contribution in [0, 0.1) is 11.7 Å². The number of carbonyl (C=O) groups excluding carboxylic acids is 1. The number of alkyl halides is 1. The maximum Gasteiger partial charge on any atom is 0.233 e. The van der Waals surface area contributed by atoms with Crippen LogP contribution < -0.4 is 4.74 Å². The number of halogens is 2. The molecule has 1 heterocycles. The Labute approximate surface area is 119 Å². The van der Waals surface area contributed by atoms with Gasteiger partial charge in [-0.3, -0.25) is 4.79 Å². The third kappa shape index (κ3) is 2.61. The molecule has 1 saturated carbocycles. The van der Waals surface area contributed by atoms with E-state index >= 15 is 0 Å². The molecule has 1 amide bonds. The van der Waals surface area contributed by atoms with Gasteiger partial charge in [0.25, 0.3) is 0 Å². The number of hydrogen-bond donors (Lipinski definition) is 0. The summed E-state index contributed by atoms with van der Waals surface area (Å²) in [6.45, 7) is 0.931. The highest BCUT2D eigenvalue weighted by Crippen LogP contribution is 2.38. The van der Waals surface area contributed by atoms with Gasteiger partial charge in [0, 0.05) is 12.1 Å². The monoisotopic (exact) mass is 327 g/mol. The molecule has 1 unspecified atom stereocenters. The average molecular weight is 328 g/mol. The minimum Gasteiger partial charge on any atom is -0.491 e. The molecule has 0 bridgehead atoms. The summed E-state index contributed by atoms with van der Waals surface area (Å²) in [5.41, 5.74) is 0.748. The molecule has 0 N–H and O–H groups in total. The lowest BCUT2D eigenvalue weighted by molar-refractivity contribution is -0.132. The lowest BCUT2D eigenvalue weighted by Crippen LogP contribution is -2.43. The van der Waals surface area contributed by atoms with Crippen molar-refractivity contribution in [1.29, 1.82) is 0 Å². The van der Waals surface area contributed by atoms with Crippen LogP contribution in [0.3, 0.4) is 0 Å². The molecule has 2 aliphatic rings. The van der Waals surface area contributed by atoms with Crippen molar-refractivity contribution in [3.63, 3.8) is 0 Å². The molecule has 3 nitrogen and oxygen atoms in total. The molecule has 0 radical (unpaired) electrons. The van der Waals surface area contributed by atoms with E-state index < -0.39 is 0 Å². The molecular weight excluding hydrogens is 313 g/mol. The first-order valence-electron chi connectivity index (χ1n) is 6.45. The summed E-state index contributed by atoms with van der Waals surface area (Å²) in [4.78, 5) is 13.9. The summed E-state index contributed by atoms with van der Waals surface area (Å²) in [6, 6.07) is 4.61. The Morgan fingerprint density at radius 3 is 2.95 bits per heavy atom. The van der Waals surface area contributed by atoms with Gasteiger partial charge < -0.3 is 9.64 Å². The average Bonchev–Trinajstić information content (AvgIpc) is 3.22. The normalized spacial score (nSPS) is 22.4. The fraction of sp³-hybridized carbons (Fsp3) is 0.500. The lowest BCUT2D eigenvalue weighted by atomic mass is 10.1. The van der Waals surface area contributed by atoms with Gasteiger partial charge in [-0.05, 0) is 37.0 Å². The minimum absolute atomic E-state index is 0.0395. The van der Waals surface area contributed by atoms with Gasteiger partial charge >= 0.3 is 0 Å². The molecule has 102 valence electrons. The second-order valence-electron chi connectivity index (χ2n) is 5.12. The molecular formula is C14H15BrFNO2. The van der Waals surface area contributed by atoms with Gasteiger partial charge in [0.05, 0.1) is 11.4 Å². The first-order valence-corrected chi connectivity index (χ1v) is 7.58. The highest BCUT2D eigenvalue weighted by atomic mass is 79.9. The number of benzene rings is 1. The van der Waals surface area contributed by atoms with Gasteiger partial charge in [-0.25, -0.2) is 4.39 Å². The SMILES string of the molecule is O=C(CBr)N1Cc2cc(F)ccc2OCC1C1CC1. The number of nitrogens with zero attached hydrogens (tertiary/aromatic N) is 1. The Balaban J connectivity index is 1.92. The van der Waals surface area contributed by atoms with E-state index in [-0.39, 0.29) is 17.8 Å². The van der Waals surface area contributed by atoms with Gasteiger partial charge in [0.15, 0.2) is 0 Å². The predicted octanol–water partition coefficient (Wildman–Crippen LogP) is 2.72. The fourth-order valence-electron chi connectivity index (χ4n) is 2.60. The smallest absolute Gasteiger partial charge is 0.233 e. The van der Waals surface area contributed by atoms with Gasteiger partial charge in [-0.15, -0.1) is 0 Å². The highest BCUT2D eigenvalue weighted by Gasteiger charge is 2.39. The van der Waals surface area contributed by atoms with E-state index in [1.54, 1.807) is 6.07 Å². The van der Waals surface area contributed by atoms with Crippen molar-refractivity contribution >= 4 is 21.8 Å². The fourth-order valence-corrected chi connectivity index (χ4v) is 2.92. The van der Waals surface area contributed by atoms with Crippen LogP contribution in [0.15, 0.2) is 18.2 Å². The van der Waals surface area contributed by atoms with Crippen LogP contribution in [0.5, 0.6) is 5.75 Å². The Kier molecular flexibility index (Phi) is 3.48. The number of carbonyl (C=O) groups is 1. The second-order valence-corrected chi connectivity index (χ2v) is 5.68. The Hall–Kier alpha value is -1.10. The molecule has 0 aromatic heterocycles. The van der Waals surface area contributed by atoms with E-state index in [0.29, 0.717) is 30.1 Å². The van der Waals surface area contributed by atoms with Crippen molar-refractivity contribution in [2.24, 2.45) is 5.92 Å². The van der Waals surface area contributed by atoms with Gasteiger partial charge in [-0.2, -0.15) is 0 Å². The minimum atomic E-state index is -0.293. The largest absolute Gasteiger partial charge is 0.491 e. The van der Waals surface area contributed by atoms with Crippen LogP contribution in [0.1, 0.15) is 18.4 Å². The molecule has 1 aromatic rings. The van der Waals surface area contributed by atoms with Crippen molar-refractivity contribution in [3.05, 3.63) is 29.6 Å². The summed E-state index contributed by atoms with van der Waals surface area (Å²) in [5, 5.41) is 0.293. The van der Waals surface area contributed by atoms with Crippen LogP contribution in [0.2, 0.25) is 0 Å². The van der Waals surface area contributed by atoms with Crippen molar-refractivity contribution < 1.29 is 13.9 Å². The van der Waals surface area contributed by atoms with Gasteiger partial charge in [0.2, 0.25) is 5.91 Å². The molecule has 19 heavy (non-hydrogen) atoms. The van der Waals surface area contributed by atoms with E-state index in [9.17, 15) is 9.18 Å². The van der Waals surface area contributed by atoms with E-state index in [4.69, 9.17) is 4.74 Å². The second kappa shape index (κ2) is 5.12. The molecule has 0 saturated heterocycles. The lowest BCUT2D eigenvalue weighted by Gasteiger charge is -2.28. The first-order chi connectivity index (χ1) is 9.19. The molecule has 1 atom stereocenters. The molecule has 1 aromatic carbocycles. The van der Waals surface area contributed by atoms with Crippen LogP contribution >= 0.6 is 15.9 Å². The van der Waals surface area contributed by atoms with Crippen LogP contribution in [-0.4, -0.2) is 28.8 Å². The summed E-state index contributed by atoms with van der Waals surface area (Å²) in [7, 11) is 0. The van der Waals surface area contributed by atoms with Crippen LogP contribution in [-0.2, 0) is 11.3 Å². The summed E-state index contributed by atoms with van der Waals surface area (Å²) < 4.78 is 19.1. The molecule has 3 rings (SSSR count). The van der Waals surface area contributed by atoms with Crippen molar-refractivity contribution in [2.45, 2.75) is 25.4 Å². The Morgan fingerprint density at radius 1 is 1.47 bits per heavy atom. The zero-order valence-electron chi connectivity index (χ0n) is 10.4. The number of hydrogen-bond acceptors (Lipinski definition) is 2. The zero-order valence-corrected chi connectivity index (χ0v) is 12.0. The quantitative estimate of drug-likeness (QED) is 0.782. The van der Waals surface area contributed by atoms with Gasteiger partial charge in [0.1, 0.15) is 18.2 Å². The topological polar surface area (TPSA) is 29.5 Å². The van der Waals surface area contributed by atoms with Crippen LogP contribution in [0.4, 0.5) is 4.39 Å². The van der Waals surface area contributed by atoms with Crippen molar-refractivity contribution in [1.82, 2.24) is 4.90 Å². The zero-order chi connectivity index (χ0) is 13.4. The van der Waals surface area contributed by atoms with Crippen molar-refractivity contribution in [2.75, 3.05) is 11.9 Å². The van der Waals surface area contributed by atoms with E-state index in [1.807, 2.05) is 4.90 Å². The standard InChI is InChI=1S/C14H15BrFNO2/c15-6-14(18)17-7-10-5-11(16)3-4-13(10)19-8-12(17)9-1-2-9/h3-5,9,12H,1-2,6-8H2. The Morgan fingerprint density at radius 2 is 2.26 bits per heavy atom. The number of ether oxygens (including phenoxy) is 1. The van der Waals surface area contributed by atoms with E-state index in [1.165, 1.54) is 12.1 Å². The number of rotatable bonds is 2. The van der Waals surface area contributed by atoms with E-state index in [2.05, 4.69) is 15.9 Å². The first kappa shape index (κ1) is 12.9.